The highest BCUT2D eigenvalue weighted by Crippen LogP contribution is 2.43. The van der Waals surface area contributed by atoms with Crippen LogP contribution in [0.2, 0.25) is 0 Å². The fourth-order valence-corrected chi connectivity index (χ4v) is 9.77. The van der Waals surface area contributed by atoms with Gasteiger partial charge in [-0.2, -0.15) is 0 Å². The number of quaternary nitrogens is 1. The van der Waals surface area contributed by atoms with Crippen molar-refractivity contribution in [3.8, 4) is 0 Å². The normalized spacial score (nSPS) is 14.1. The number of phosphoric ester groups is 1. The minimum Gasteiger partial charge on any atom is -0.456 e. The van der Waals surface area contributed by atoms with Crippen LogP contribution in [0.4, 0.5) is 0 Å². The first kappa shape index (κ1) is 73.5. The standard InChI is InChI=1S/C66H121N2O7P/c1-7-10-13-16-19-22-25-28-30-32-33-34-35-37-38-40-43-46-49-52-55-58-65(69)67-63(62-74-76(71,72)73-61-60-68(4,5)6)64(57-54-51-48-45-42-27-24-21-18-15-12-9-3)75-66(70)59-56-53-50-47-44-41-39-36-31-29-26-23-20-17-14-11-8-2/h11,14,20,23,29,31,39,41,47,50,54,57,63-64H,7-10,12-13,15-19,21-22,24-28,30,32-38,40,42-46,48-49,51-53,55-56,58-62H2,1-6H3,(H-,67,69,71,72)/p+1/b14-11-,23-20-,31-29-,41-39-,50-47-,57-54+. The highest BCUT2D eigenvalue weighted by molar-refractivity contribution is 7.47. The third-order valence-electron chi connectivity index (χ3n) is 13.9. The van der Waals surface area contributed by atoms with E-state index < -0.39 is 20.0 Å². The number of phosphoric acid groups is 1. The summed E-state index contributed by atoms with van der Waals surface area (Å²) in [5.41, 5.74) is 0. The second kappa shape index (κ2) is 55.8. The van der Waals surface area contributed by atoms with E-state index in [9.17, 15) is 19.0 Å². The topological polar surface area (TPSA) is 111 Å². The molecule has 1 amide bonds. The van der Waals surface area contributed by atoms with E-state index in [2.05, 4.69) is 86.8 Å². The zero-order valence-electron chi connectivity index (χ0n) is 50.5. The Balaban J connectivity index is 5.27. The van der Waals surface area contributed by atoms with Gasteiger partial charge in [-0.15, -0.1) is 0 Å². The number of hydrogen-bond donors (Lipinski definition) is 2. The third-order valence-corrected chi connectivity index (χ3v) is 14.9. The largest absolute Gasteiger partial charge is 0.472 e. The van der Waals surface area contributed by atoms with Gasteiger partial charge in [0, 0.05) is 12.8 Å². The number of ether oxygens (including phenoxy) is 1. The molecule has 9 nitrogen and oxygen atoms in total. The minimum atomic E-state index is -4.46. The average molecular weight is 1090 g/mol. The van der Waals surface area contributed by atoms with E-state index >= 15 is 0 Å². The molecule has 0 aromatic carbocycles. The molecule has 0 aromatic rings. The van der Waals surface area contributed by atoms with Crippen LogP contribution >= 0.6 is 7.82 Å². The number of unbranched alkanes of at least 4 members (excludes halogenated alkanes) is 31. The Bertz CT molecular complexity index is 1530. The average Bonchev–Trinajstić information content (AvgIpc) is 3.38. The number of nitrogens with one attached hydrogen (secondary N) is 1. The zero-order valence-corrected chi connectivity index (χ0v) is 51.4. The number of hydrogen-bond acceptors (Lipinski definition) is 6. The van der Waals surface area contributed by atoms with Crippen LogP contribution in [0.25, 0.3) is 0 Å². The van der Waals surface area contributed by atoms with Gasteiger partial charge in [0.1, 0.15) is 19.3 Å². The molecule has 76 heavy (non-hydrogen) atoms. The van der Waals surface area contributed by atoms with E-state index in [1.807, 2.05) is 33.3 Å². The summed E-state index contributed by atoms with van der Waals surface area (Å²) in [5, 5.41) is 3.05. The van der Waals surface area contributed by atoms with E-state index in [0.29, 0.717) is 23.9 Å². The number of amides is 1. The van der Waals surface area contributed by atoms with Crippen molar-refractivity contribution in [3.05, 3.63) is 72.9 Å². The quantitative estimate of drug-likeness (QED) is 0.0205. The molecule has 3 atom stereocenters. The van der Waals surface area contributed by atoms with Crippen LogP contribution in [-0.4, -0.2) is 74.3 Å². The van der Waals surface area contributed by atoms with Gasteiger partial charge in [0.15, 0.2) is 0 Å². The van der Waals surface area contributed by atoms with Gasteiger partial charge < -0.3 is 19.4 Å². The molecule has 2 N–H and O–H groups in total. The minimum absolute atomic E-state index is 0.0306. The maximum atomic E-state index is 13.6. The summed E-state index contributed by atoms with van der Waals surface area (Å²) in [7, 11) is 1.47. The molecule has 0 saturated heterocycles. The van der Waals surface area contributed by atoms with E-state index in [0.717, 1.165) is 77.0 Å². The fraction of sp³-hybridized carbons (Fsp3) is 0.788. The molecule has 0 heterocycles. The van der Waals surface area contributed by atoms with Gasteiger partial charge in [-0.3, -0.25) is 18.6 Å². The van der Waals surface area contributed by atoms with E-state index in [4.69, 9.17) is 13.8 Å². The highest BCUT2D eigenvalue weighted by atomic mass is 31.2. The lowest BCUT2D eigenvalue weighted by atomic mass is 10.0. The fourth-order valence-electron chi connectivity index (χ4n) is 9.04. The predicted molar refractivity (Wildman–Crippen MR) is 328 cm³/mol. The van der Waals surface area contributed by atoms with Gasteiger partial charge in [0.2, 0.25) is 5.91 Å². The monoisotopic (exact) mass is 1090 g/mol. The summed E-state index contributed by atoms with van der Waals surface area (Å²) in [6.07, 6.45) is 72.0. The van der Waals surface area contributed by atoms with E-state index in [1.165, 1.54) is 167 Å². The molecule has 442 valence electrons. The van der Waals surface area contributed by atoms with E-state index in [1.54, 1.807) is 0 Å². The number of nitrogens with zero attached hydrogens (tertiary/aromatic N) is 1. The second-order valence-corrected chi connectivity index (χ2v) is 24.0. The van der Waals surface area contributed by atoms with Crippen LogP contribution in [0, 0.1) is 0 Å². The van der Waals surface area contributed by atoms with Crippen LogP contribution in [0.15, 0.2) is 72.9 Å². The Morgan fingerprint density at radius 1 is 0.474 bits per heavy atom. The lowest BCUT2D eigenvalue weighted by Gasteiger charge is -2.27. The molecule has 0 aliphatic rings. The SMILES string of the molecule is CC/C=C\C/C=C\C/C=C\C/C=C\C/C=C\CCCC(=O)OC(/C=C/CCCCCCCCCCCC)C(COP(=O)(O)OCC[N+](C)(C)C)NC(=O)CCCCCCCCCCCCCCCCCCCCCCC. The number of allylic oxidation sites excluding steroid dienone is 11. The van der Waals surface area contributed by atoms with Gasteiger partial charge in [0.25, 0.3) is 0 Å². The summed E-state index contributed by atoms with van der Waals surface area (Å²) >= 11 is 0. The first-order valence-corrected chi connectivity index (χ1v) is 33.3. The number of esters is 1. The molecule has 0 spiro atoms. The number of rotatable bonds is 57. The molecule has 0 aromatic heterocycles. The van der Waals surface area contributed by atoms with Crippen molar-refractivity contribution in [3.63, 3.8) is 0 Å². The van der Waals surface area contributed by atoms with Crippen LogP contribution in [0.5, 0.6) is 0 Å². The zero-order chi connectivity index (χ0) is 55.7. The first-order chi connectivity index (χ1) is 36.9. The van der Waals surface area contributed by atoms with Crippen molar-refractivity contribution in [2.45, 2.75) is 296 Å². The van der Waals surface area contributed by atoms with Gasteiger partial charge in [0.05, 0.1) is 33.8 Å². The summed E-state index contributed by atoms with van der Waals surface area (Å²) in [6.45, 7) is 6.88. The Morgan fingerprint density at radius 3 is 1.28 bits per heavy atom. The summed E-state index contributed by atoms with van der Waals surface area (Å²) in [6, 6.07) is -0.872. The molecule has 0 radical (unpaired) electrons. The molecule has 0 fully saturated rings. The van der Waals surface area contributed by atoms with Gasteiger partial charge in [-0.25, -0.2) is 4.57 Å². The van der Waals surface area contributed by atoms with Gasteiger partial charge in [-0.05, 0) is 70.3 Å². The number of carbonyl (C=O) groups is 2. The van der Waals surface area contributed by atoms with Crippen molar-refractivity contribution < 1.29 is 37.3 Å². The molecule has 0 aliphatic carbocycles. The molecule has 0 saturated carbocycles. The molecule has 3 unspecified atom stereocenters. The van der Waals surface area contributed by atoms with Gasteiger partial charge >= 0.3 is 13.8 Å². The van der Waals surface area contributed by atoms with Crippen molar-refractivity contribution in [1.82, 2.24) is 5.32 Å². The molecular weight excluding hydrogens is 964 g/mol. The molecular formula is C66H122N2O7P+. The number of likely N-dealkylation sites (N-methyl/N-ethyl adjacent to an activating group) is 1. The van der Waals surface area contributed by atoms with E-state index in [-0.39, 0.29) is 31.5 Å². The Kier molecular flexibility index (Phi) is 53.9. The second-order valence-electron chi connectivity index (χ2n) is 22.6. The molecule has 0 rings (SSSR count). The van der Waals surface area contributed by atoms with Crippen LogP contribution < -0.4 is 5.32 Å². The summed E-state index contributed by atoms with van der Waals surface area (Å²) in [5.74, 6) is -0.566. The Morgan fingerprint density at radius 2 is 0.855 bits per heavy atom. The lowest BCUT2D eigenvalue weighted by Crippen LogP contribution is -2.47. The molecule has 0 aliphatic heterocycles. The van der Waals surface area contributed by atoms with Crippen LogP contribution in [0.1, 0.15) is 284 Å². The lowest BCUT2D eigenvalue weighted by molar-refractivity contribution is -0.870. The third kappa shape index (κ3) is 56.2. The predicted octanol–water partition coefficient (Wildman–Crippen LogP) is 19.6. The molecule has 10 heteroatoms. The summed E-state index contributed by atoms with van der Waals surface area (Å²) in [4.78, 5) is 37.7. The van der Waals surface area contributed by atoms with Crippen molar-refractivity contribution in [1.29, 1.82) is 0 Å². The maximum absolute atomic E-state index is 13.6. The Hall–Kier alpha value is -2.55. The maximum Gasteiger partial charge on any atom is 0.472 e. The van der Waals surface area contributed by atoms with Crippen LogP contribution in [0.3, 0.4) is 0 Å². The van der Waals surface area contributed by atoms with Crippen LogP contribution in [-0.2, 0) is 27.9 Å². The molecule has 0 bridgehead atoms. The smallest absolute Gasteiger partial charge is 0.456 e. The van der Waals surface area contributed by atoms with Gasteiger partial charge in [-0.1, -0.05) is 274 Å². The van der Waals surface area contributed by atoms with Crippen molar-refractivity contribution >= 4 is 19.7 Å². The summed E-state index contributed by atoms with van der Waals surface area (Å²) < 4.78 is 30.7. The first-order valence-electron chi connectivity index (χ1n) is 31.8. The van der Waals surface area contributed by atoms with Crippen molar-refractivity contribution in [2.24, 2.45) is 0 Å². The number of carbonyl (C=O) groups excluding carboxylic acids is 2. The highest BCUT2D eigenvalue weighted by Gasteiger charge is 2.30. The van der Waals surface area contributed by atoms with Crippen molar-refractivity contribution in [2.75, 3.05) is 40.9 Å². The Labute approximate surface area is 470 Å².